The van der Waals surface area contributed by atoms with Gasteiger partial charge in [-0.3, -0.25) is 14.5 Å². The van der Waals surface area contributed by atoms with Crippen molar-refractivity contribution in [2.24, 2.45) is 0 Å². The summed E-state index contributed by atoms with van der Waals surface area (Å²) in [7, 11) is 1.92. The summed E-state index contributed by atoms with van der Waals surface area (Å²) in [4.78, 5) is 30.4. The Morgan fingerprint density at radius 2 is 1.81 bits per heavy atom. The molecular formula is C24H26F5N5O2. The van der Waals surface area contributed by atoms with Crippen molar-refractivity contribution in [3.63, 3.8) is 0 Å². The Morgan fingerprint density at radius 1 is 1.14 bits per heavy atom. The highest BCUT2D eigenvalue weighted by molar-refractivity contribution is 6.07. The first-order valence-corrected chi connectivity index (χ1v) is 11.4. The van der Waals surface area contributed by atoms with Gasteiger partial charge in [-0.05, 0) is 26.5 Å². The van der Waals surface area contributed by atoms with E-state index in [4.69, 9.17) is 0 Å². The van der Waals surface area contributed by atoms with E-state index in [9.17, 15) is 22.8 Å². The Kier molecular flexibility index (Phi) is 6.93. The molecule has 3 heterocycles. The lowest BCUT2D eigenvalue weighted by molar-refractivity contribution is -0.138. The smallest absolute Gasteiger partial charge is 0.367 e. The second-order valence-corrected chi connectivity index (χ2v) is 9.15. The van der Waals surface area contributed by atoms with Crippen molar-refractivity contribution < 1.29 is 26.7 Å². The molecule has 2 atom stereocenters. The van der Waals surface area contributed by atoms with E-state index in [0.29, 0.717) is 31.4 Å². The highest BCUT2D eigenvalue weighted by Crippen LogP contribution is 2.39. The van der Waals surface area contributed by atoms with E-state index in [1.54, 1.807) is 11.0 Å². The molecule has 0 bridgehead atoms. The van der Waals surface area contributed by atoms with Crippen LogP contribution >= 0.6 is 0 Å². The minimum Gasteiger partial charge on any atom is -0.367 e. The molecule has 2 aromatic rings. The number of nitrogens with one attached hydrogen (secondary N) is 3. The van der Waals surface area contributed by atoms with Gasteiger partial charge in [-0.1, -0.05) is 6.08 Å². The fourth-order valence-corrected chi connectivity index (χ4v) is 4.61. The molecule has 7 nitrogen and oxygen atoms in total. The van der Waals surface area contributed by atoms with Gasteiger partial charge in [0.25, 0.3) is 5.91 Å². The SMILES string of the molecule is C[C@@H]1CN(c2cc(F)c(C3=CCNC3)c(F)c2NC(=O)c2c[nH]c(=O)cc2C(F)(F)F)C[C@H](C)N1C. The molecule has 3 N–H and O–H groups in total. The molecule has 1 aromatic heterocycles. The maximum absolute atomic E-state index is 15.9. The van der Waals surface area contributed by atoms with Crippen LogP contribution in [0.3, 0.4) is 0 Å². The van der Waals surface area contributed by atoms with Gasteiger partial charge in [-0.25, -0.2) is 8.78 Å². The number of aromatic nitrogens is 1. The van der Waals surface area contributed by atoms with Gasteiger partial charge in [-0.15, -0.1) is 0 Å². The number of anilines is 2. The van der Waals surface area contributed by atoms with E-state index >= 15 is 8.78 Å². The van der Waals surface area contributed by atoms with Crippen molar-refractivity contribution in [2.45, 2.75) is 32.1 Å². The zero-order chi connectivity index (χ0) is 26.4. The standard InChI is InChI=1S/C24H26F5N5O2/c1-12-10-34(11-13(2)33(12)3)18-7-17(25)20(14-4-5-30-8-14)21(26)22(18)32-23(36)15-9-31-19(35)6-16(15)24(27,28)29/h4,6-7,9,12-13,30H,5,8,10-11H2,1-3H3,(H,31,35)(H,32,36)/t12-,13+. The fourth-order valence-electron chi connectivity index (χ4n) is 4.61. The molecule has 0 spiro atoms. The van der Waals surface area contributed by atoms with Gasteiger partial charge in [0.15, 0.2) is 5.82 Å². The number of aromatic amines is 1. The maximum Gasteiger partial charge on any atom is 0.417 e. The number of rotatable bonds is 4. The number of hydrogen-bond acceptors (Lipinski definition) is 5. The van der Waals surface area contributed by atoms with E-state index in [0.717, 1.165) is 6.07 Å². The van der Waals surface area contributed by atoms with Crippen molar-refractivity contribution in [3.8, 4) is 0 Å². The third-order valence-electron chi connectivity index (χ3n) is 6.74. The van der Waals surface area contributed by atoms with Gasteiger partial charge in [0.05, 0.1) is 22.4 Å². The number of amides is 1. The van der Waals surface area contributed by atoms with E-state index in [1.807, 2.05) is 25.9 Å². The van der Waals surface area contributed by atoms with Crippen LogP contribution in [0.5, 0.6) is 0 Å². The molecule has 2 aliphatic heterocycles. The van der Waals surface area contributed by atoms with E-state index < -0.39 is 46.1 Å². The third kappa shape index (κ3) is 4.87. The number of H-pyrrole nitrogens is 1. The van der Waals surface area contributed by atoms with Gasteiger partial charge >= 0.3 is 6.18 Å². The number of halogens is 5. The zero-order valence-corrected chi connectivity index (χ0v) is 19.9. The minimum atomic E-state index is -5.00. The Bertz CT molecular complexity index is 1260. The van der Waals surface area contributed by atoms with Gasteiger partial charge in [0, 0.05) is 56.6 Å². The van der Waals surface area contributed by atoms with Crippen molar-refractivity contribution in [1.82, 2.24) is 15.2 Å². The van der Waals surface area contributed by atoms with Crippen LogP contribution in [0.2, 0.25) is 0 Å². The average Bonchev–Trinajstić information content (AvgIpc) is 3.32. The zero-order valence-electron chi connectivity index (χ0n) is 19.9. The topological polar surface area (TPSA) is 80.5 Å². The van der Waals surface area contributed by atoms with Crippen LogP contribution in [-0.2, 0) is 6.18 Å². The van der Waals surface area contributed by atoms with Crippen molar-refractivity contribution in [3.05, 3.63) is 63.1 Å². The summed E-state index contributed by atoms with van der Waals surface area (Å²) >= 11 is 0. The summed E-state index contributed by atoms with van der Waals surface area (Å²) in [6.07, 6.45) is -2.76. The van der Waals surface area contributed by atoms with Crippen LogP contribution in [0.25, 0.3) is 5.57 Å². The number of hydrogen-bond donors (Lipinski definition) is 3. The molecule has 1 aromatic carbocycles. The second kappa shape index (κ2) is 9.66. The van der Waals surface area contributed by atoms with E-state index in [2.05, 4.69) is 15.5 Å². The first-order valence-electron chi connectivity index (χ1n) is 11.4. The Balaban J connectivity index is 1.83. The largest absolute Gasteiger partial charge is 0.417 e. The average molecular weight is 511 g/mol. The fraction of sp³-hybridized carbons (Fsp3) is 0.417. The van der Waals surface area contributed by atoms with Crippen molar-refractivity contribution >= 4 is 22.9 Å². The van der Waals surface area contributed by atoms with Gasteiger partial charge < -0.3 is 20.5 Å². The third-order valence-corrected chi connectivity index (χ3v) is 6.74. The molecule has 0 saturated carbocycles. The Labute approximate surface area is 204 Å². The Morgan fingerprint density at radius 3 is 2.39 bits per heavy atom. The number of carbonyl (C=O) groups excluding carboxylic acids is 1. The maximum atomic E-state index is 15.9. The number of benzene rings is 1. The summed E-state index contributed by atoms with van der Waals surface area (Å²) in [5.74, 6) is -3.20. The predicted molar refractivity (Wildman–Crippen MR) is 126 cm³/mol. The number of alkyl halides is 3. The minimum absolute atomic E-state index is 0.000807. The molecule has 1 amide bonds. The number of likely N-dealkylation sites (N-methyl/N-ethyl adjacent to an activating group) is 1. The molecular weight excluding hydrogens is 485 g/mol. The van der Waals surface area contributed by atoms with Crippen LogP contribution < -0.4 is 21.1 Å². The normalized spacial score (nSPS) is 21.0. The predicted octanol–water partition coefficient (Wildman–Crippen LogP) is 3.44. The molecule has 4 rings (SSSR count). The van der Waals surface area contributed by atoms with Crippen LogP contribution in [-0.4, -0.2) is 61.1 Å². The summed E-state index contributed by atoms with van der Waals surface area (Å²) in [6.45, 7) is 5.22. The van der Waals surface area contributed by atoms with Crippen LogP contribution in [0.4, 0.5) is 33.3 Å². The molecule has 12 heteroatoms. The van der Waals surface area contributed by atoms with Crippen molar-refractivity contribution in [1.29, 1.82) is 0 Å². The molecule has 2 aliphatic rings. The lowest BCUT2D eigenvalue weighted by Crippen LogP contribution is -2.55. The molecule has 1 saturated heterocycles. The van der Waals surface area contributed by atoms with Crippen LogP contribution in [0.1, 0.15) is 35.3 Å². The Hall–Kier alpha value is -3.25. The molecule has 1 fully saturated rings. The molecule has 0 unspecified atom stereocenters. The first-order chi connectivity index (χ1) is 16.9. The summed E-state index contributed by atoms with van der Waals surface area (Å²) in [6, 6.07) is 1.37. The van der Waals surface area contributed by atoms with Crippen molar-refractivity contribution in [2.75, 3.05) is 43.4 Å². The summed E-state index contributed by atoms with van der Waals surface area (Å²) in [5, 5.41) is 5.20. The summed E-state index contributed by atoms with van der Waals surface area (Å²) in [5.41, 5.74) is -3.81. The first kappa shape index (κ1) is 25.8. The monoisotopic (exact) mass is 511 g/mol. The summed E-state index contributed by atoms with van der Waals surface area (Å²) < 4.78 is 71.8. The highest BCUT2D eigenvalue weighted by Gasteiger charge is 2.37. The molecule has 0 radical (unpaired) electrons. The van der Waals surface area contributed by atoms with E-state index in [-0.39, 0.29) is 35.9 Å². The number of nitrogens with zero attached hydrogens (tertiary/aromatic N) is 2. The van der Waals surface area contributed by atoms with Gasteiger partial charge in [0.2, 0.25) is 5.56 Å². The van der Waals surface area contributed by atoms with Gasteiger partial charge in [-0.2, -0.15) is 13.2 Å². The van der Waals surface area contributed by atoms with Crippen LogP contribution in [0.15, 0.2) is 29.2 Å². The number of piperazine rings is 1. The van der Waals surface area contributed by atoms with E-state index in [1.165, 1.54) is 0 Å². The van der Waals surface area contributed by atoms with Gasteiger partial charge in [0.1, 0.15) is 11.5 Å². The quantitative estimate of drug-likeness (QED) is 0.549. The second-order valence-electron chi connectivity index (χ2n) is 9.15. The lowest BCUT2D eigenvalue weighted by atomic mass is 10.0. The molecule has 194 valence electrons. The number of pyridine rings is 1. The van der Waals surface area contributed by atoms with Crippen LogP contribution in [0, 0.1) is 11.6 Å². The lowest BCUT2D eigenvalue weighted by Gasteiger charge is -2.44. The molecule has 0 aliphatic carbocycles. The highest BCUT2D eigenvalue weighted by atomic mass is 19.4. The molecule has 36 heavy (non-hydrogen) atoms. The number of carbonyl (C=O) groups is 1.